The minimum atomic E-state index is -0.309. The molecule has 0 aromatic heterocycles. The third-order valence-electron chi connectivity index (χ3n) is 2.74. The number of ether oxygens (including phenoxy) is 2. The van der Waals surface area contributed by atoms with E-state index in [9.17, 15) is 9.59 Å². The lowest BCUT2D eigenvalue weighted by Crippen LogP contribution is -2.28. The van der Waals surface area contributed by atoms with Crippen LogP contribution < -0.4 is 4.74 Å². The number of ketones is 1. The Morgan fingerprint density at radius 3 is 2.63 bits per heavy atom. The monoisotopic (exact) mass is 265 g/mol. The fourth-order valence-electron chi connectivity index (χ4n) is 1.60. The van der Waals surface area contributed by atoms with Crippen LogP contribution in [0.2, 0.25) is 0 Å². The summed E-state index contributed by atoms with van der Waals surface area (Å²) >= 11 is 0. The van der Waals surface area contributed by atoms with Crippen molar-refractivity contribution < 1.29 is 19.1 Å². The largest absolute Gasteiger partial charge is 0.497 e. The highest BCUT2D eigenvalue weighted by atomic mass is 16.5. The van der Waals surface area contributed by atoms with E-state index in [0.717, 1.165) is 0 Å². The molecule has 0 unspecified atom stereocenters. The molecule has 0 aliphatic heterocycles. The van der Waals surface area contributed by atoms with E-state index >= 15 is 0 Å². The molecule has 0 radical (unpaired) electrons. The fourth-order valence-corrected chi connectivity index (χ4v) is 1.60. The van der Waals surface area contributed by atoms with Crippen molar-refractivity contribution in [3.63, 3.8) is 0 Å². The lowest BCUT2D eigenvalue weighted by atomic mass is 10.1. The first kappa shape index (κ1) is 15.2. The number of benzene rings is 1. The van der Waals surface area contributed by atoms with Gasteiger partial charge in [0.05, 0.1) is 20.8 Å². The molecule has 0 spiro atoms. The highest BCUT2D eigenvalue weighted by Crippen LogP contribution is 2.14. The van der Waals surface area contributed by atoms with Crippen LogP contribution in [0.5, 0.6) is 5.75 Å². The van der Waals surface area contributed by atoms with Crippen LogP contribution in [0, 0.1) is 0 Å². The van der Waals surface area contributed by atoms with Gasteiger partial charge in [-0.1, -0.05) is 12.1 Å². The van der Waals surface area contributed by atoms with Gasteiger partial charge in [-0.25, -0.2) is 0 Å². The lowest BCUT2D eigenvalue weighted by Gasteiger charge is -2.14. The molecule has 0 saturated heterocycles. The number of esters is 1. The van der Waals surface area contributed by atoms with Gasteiger partial charge in [-0.15, -0.1) is 0 Å². The summed E-state index contributed by atoms with van der Waals surface area (Å²) in [5, 5.41) is 0. The zero-order valence-electron chi connectivity index (χ0n) is 11.5. The normalized spacial score (nSPS) is 10.3. The van der Waals surface area contributed by atoms with Crippen molar-refractivity contribution in [3.05, 3.63) is 29.8 Å². The van der Waals surface area contributed by atoms with Gasteiger partial charge in [0.25, 0.3) is 0 Å². The summed E-state index contributed by atoms with van der Waals surface area (Å²) in [5.41, 5.74) is 0.616. The number of hydrogen-bond acceptors (Lipinski definition) is 5. The lowest BCUT2D eigenvalue weighted by molar-refractivity contribution is -0.141. The van der Waals surface area contributed by atoms with Crippen LogP contribution in [-0.4, -0.2) is 51.0 Å². The Morgan fingerprint density at radius 1 is 1.26 bits per heavy atom. The minimum absolute atomic E-state index is 0.0237. The van der Waals surface area contributed by atoms with E-state index in [0.29, 0.717) is 24.3 Å². The molecule has 0 bridgehead atoms. The molecule has 0 amide bonds. The van der Waals surface area contributed by atoms with Crippen LogP contribution in [0.1, 0.15) is 16.8 Å². The number of carbonyl (C=O) groups is 2. The minimum Gasteiger partial charge on any atom is -0.497 e. The zero-order valence-corrected chi connectivity index (χ0v) is 11.5. The Balaban J connectivity index is 2.48. The van der Waals surface area contributed by atoms with Gasteiger partial charge in [-0.2, -0.15) is 0 Å². The number of hydrogen-bond donors (Lipinski definition) is 0. The van der Waals surface area contributed by atoms with Gasteiger partial charge >= 0.3 is 5.97 Å². The van der Waals surface area contributed by atoms with Gasteiger partial charge in [-0.3, -0.25) is 14.5 Å². The van der Waals surface area contributed by atoms with E-state index in [2.05, 4.69) is 4.74 Å². The van der Waals surface area contributed by atoms with Crippen molar-refractivity contribution in [3.8, 4) is 5.75 Å². The third kappa shape index (κ3) is 5.09. The first-order valence-corrected chi connectivity index (χ1v) is 5.99. The Labute approximate surface area is 113 Å². The third-order valence-corrected chi connectivity index (χ3v) is 2.74. The van der Waals surface area contributed by atoms with Crippen molar-refractivity contribution in [1.82, 2.24) is 4.90 Å². The maximum atomic E-state index is 12.0. The van der Waals surface area contributed by atoms with Gasteiger partial charge in [0.1, 0.15) is 5.75 Å². The van der Waals surface area contributed by atoms with Crippen molar-refractivity contribution in [1.29, 1.82) is 0 Å². The summed E-state index contributed by atoms with van der Waals surface area (Å²) < 4.78 is 9.63. The number of nitrogens with zero attached hydrogens (tertiary/aromatic N) is 1. The van der Waals surface area contributed by atoms with Gasteiger partial charge in [-0.05, 0) is 19.2 Å². The number of carbonyl (C=O) groups excluding carboxylic acids is 2. The van der Waals surface area contributed by atoms with Crippen LogP contribution in [0.25, 0.3) is 0 Å². The SMILES string of the molecule is COC(=O)CN(C)CCC(=O)c1cccc(OC)c1. The Bertz CT molecular complexity index is 445. The standard InChI is InChI=1S/C14H19NO4/c1-15(10-14(17)19-3)8-7-13(16)11-5-4-6-12(9-11)18-2/h4-6,9H,7-8,10H2,1-3H3. The van der Waals surface area contributed by atoms with Gasteiger partial charge in [0, 0.05) is 18.5 Å². The van der Waals surface area contributed by atoms with E-state index in [1.165, 1.54) is 7.11 Å². The molecular formula is C14H19NO4. The van der Waals surface area contributed by atoms with Crippen molar-refractivity contribution >= 4 is 11.8 Å². The summed E-state index contributed by atoms with van der Waals surface area (Å²) in [4.78, 5) is 24.8. The van der Waals surface area contributed by atoms with Crippen LogP contribution in [0.15, 0.2) is 24.3 Å². The summed E-state index contributed by atoms with van der Waals surface area (Å²) in [5.74, 6) is 0.376. The average molecular weight is 265 g/mol. The predicted molar refractivity (Wildman–Crippen MR) is 71.5 cm³/mol. The highest BCUT2D eigenvalue weighted by Gasteiger charge is 2.10. The molecule has 1 aromatic carbocycles. The number of methoxy groups -OCH3 is 2. The maximum Gasteiger partial charge on any atom is 0.319 e. The molecule has 1 aromatic rings. The van der Waals surface area contributed by atoms with Crippen molar-refractivity contribution in [2.45, 2.75) is 6.42 Å². The fraction of sp³-hybridized carbons (Fsp3) is 0.429. The Hall–Kier alpha value is -1.88. The number of rotatable bonds is 7. The number of likely N-dealkylation sites (N-methyl/N-ethyl adjacent to an activating group) is 1. The molecule has 0 aliphatic carbocycles. The smallest absolute Gasteiger partial charge is 0.319 e. The molecule has 5 heteroatoms. The molecule has 0 fully saturated rings. The van der Waals surface area contributed by atoms with Gasteiger partial charge in [0.2, 0.25) is 0 Å². The first-order valence-electron chi connectivity index (χ1n) is 5.99. The van der Waals surface area contributed by atoms with Crippen LogP contribution >= 0.6 is 0 Å². The molecule has 104 valence electrons. The second-order valence-electron chi connectivity index (χ2n) is 4.22. The van der Waals surface area contributed by atoms with E-state index in [-0.39, 0.29) is 18.3 Å². The second-order valence-corrected chi connectivity index (χ2v) is 4.22. The molecule has 19 heavy (non-hydrogen) atoms. The summed E-state index contributed by atoms with van der Waals surface area (Å²) in [6, 6.07) is 7.04. The van der Waals surface area contributed by atoms with Crippen molar-refractivity contribution in [2.24, 2.45) is 0 Å². The quantitative estimate of drug-likeness (QED) is 0.550. The molecule has 5 nitrogen and oxygen atoms in total. The summed E-state index contributed by atoms with van der Waals surface area (Å²) in [6.45, 7) is 0.688. The average Bonchev–Trinajstić information content (AvgIpc) is 2.44. The van der Waals surface area contributed by atoms with Crippen LogP contribution in [-0.2, 0) is 9.53 Å². The topological polar surface area (TPSA) is 55.8 Å². The molecular weight excluding hydrogens is 246 g/mol. The molecule has 1 rings (SSSR count). The molecule has 0 aliphatic rings. The second kappa shape index (κ2) is 7.53. The van der Waals surface area contributed by atoms with E-state index in [4.69, 9.17) is 4.74 Å². The molecule has 0 atom stereocenters. The van der Waals surface area contributed by atoms with Gasteiger partial charge < -0.3 is 9.47 Å². The first-order chi connectivity index (χ1) is 9.06. The van der Waals surface area contributed by atoms with Crippen LogP contribution in [0.3, 0.4) is 0 Å². The van der Waals surface area contributed by atoms with Crippen LogP contribution in [0.4, 0.5) is 0 Å². The van der Waals surface area contributed by atoms with Crippen molar-refractivity contribution in [2.75, 3.05) is 34.4 Å². The highest BCUT2D eigenvalue weighted by molar-refractivity contribution is 5.96. The van der Waals surface area contributed by atoms with Gasteiger partial charge in [0.15, 0.2) is 5.78 Å². The van der Waals surface area contributed by atoms with E-state index in [1.807, 2.05) is 0 Å². The predicted octanol–water partition coefficient (Wildman–Crippen LogP) is 1.37. The molecule has 0 heterocycles. The maximum absolute atomic E-state index is 12.0. The summed E-state index contributed by atoms with van der Waals surface area (Å²) in [6.07, 6.45) is 0.348. The zero-order chi connectivity index (χ0) is 14.3. The van der Waals surface area contributed by atoms with E-state index < -0.39 is 0 Å². The molecule has 0 N–H and O–H groups in total. The summed E-state index contributed by atoms with van der Waals surface area (Å²) in [7, 11) is 4.68. The molecule has 0 saturated carbocycles. The number of Topliss-reactive ketones (excluding diaryl/α,β-unsaturated/α-hetero) is 1. The Kier molecular flexibility index (Phi) is 6.02. The van der Waals surface area contributed by atoms with E-state index in [1.54, 1.807) is 43.3 Å². The Morgan fingerprint density at radius 2 is 2.00 bits per heavy atom.